The molecule has 0 atom stereocenters. The maximum Gasteiger partial charge on any atom is 0.287 e. The van der Waals surface area contributed by atoms with Crippen LogP contribution in [0.2, 0.25) is 0 Å². The van der Waals surface area contributed by atoms with Crippen LogP contribution in [0.4, 0.5) is 4.39 Å². The Hall–Kier alpha value is -3.41. The van der Waals surface area contributed by atoms with E-state index in [0.29, 0.717) is 18.8 Å². The monoisotopic (exact) mass is 363 g/mol. The van der Waals surface area contributed by atoms with E-state index >= 15 is 0 Å². The predicted octanol–water partition coefficient (Wildman–Crippen LogP) is 4.17. The van der Waals surface area contributed by atoms with Gasteiger partial charge in [0.2, 0.25) is 0 Å². The van der Waals surface area contributed by atoms with Gasteiger partial charge in [-0.05, 0) is 55.5 Å². The van der Waals surface area contributed by atoms with Crippen LogP contribution in [0.1, 0.15) is 16.4 Å². The fourth-order valence-corrected chi connectivity index (χ4v) is 3.08. The number of aryl methyl sites for hydroxylation is 1. The van der Waals surface area contributed by atoms with Crippen molar-refractivity contribution in [2.45, 2.75) is 13.5 Å². The molecular formula is C21H18FN3O2. The summed E-state index contributed by atoms with van der Waals surface area (Å²) in [7, 11) is 0. The van der Waals surface area contributed by atoms with Crippen molar-refractivity contribution in [3.05, 3.63) is 78.1 Å². The molecule has 4 aromatic rings. The van der Waals surface area contributed by atoms with Crippen molar-refractivity contribution in [1.29, 1.82) is 0 Å². The van der Waals surface area contributed by atoms with Gasteiger partial charge in [-0.15, -0.1) is 0 Å². The van der Waals surface area contributed by atoms with Gasteiger partial charge < -0.3 is 14.3 Å². The highest BCUT2D eigenvalue weighted by molar-refractivity contribution is 5.92. The Kier molecular flexibility index (Phi) is 4.46. The summed E-state index contributed by atoms with van der Waals surface area (Å²) < 4.78 is 20.7. The zero-order valence-electron chi connectivity index (χ0n) is 14.8. The minimum Gasteiger partial charge on any atom is -0.451 e. The van der Waals surface area contributed by atoms with Gasteiger partial charge in [0.1, 0.15) is 17.4 Å². The van der Waals surface area contributed by atoms with Crippen molar-refractivity contribution < 1.29 is 13.6 Å². The number of imidazole rings is 1. The van der Waals surface area contributed by atoms with Crippen LogP contribution in [0.25, 0.3) is 22.4 Å². The van der Waals surface area contributed by atoms with E-state index < -0.39 is 0 Å². The van der Waals surface area contributed by atoms with E-state index in [4.69, 9.17) is 4.42 Å². The molecule has 0 aliphatic rings. The Morgan fingerprint density at radius 1 is 1.11 bits per heavy atom. The average Bonchev–Trinajstić information content (AvgIpc) is 3.27. The van der Waals surface area contributed by atoms with Crippen molar-refractivity contribution >= 4 is 16.9 Å². The van der Waals surface area contributed by atoms with E-state index in [-0.39, 0.29) is 17.5 Å². The fraction of sp³-hybridized carbons (Fsp3) is 0.143. The lowest BCUT2D eigenvalue weighted by atomic mass is 10.2. The lowest BCUT2D eigenvalue weighted by Crippen LogP contribution is -2.27. The molecule has 5 nitrogen and oxygen atoms in total. The van der Waals surface area contributed by atoms with E-state index in [9.17, 15) is 9.18 Å². The van der Waals surface area contributed by atoms with Gasteiger partial charge in [0.05, 0.1) is 11.0 Å². The lowest BCUT2D eigenvalue weighted by molar-refractivity contribution is 0.0925. The van der Waals surface area contributed by atoms with E-state index in [1.165, 1.54) is 12.1 Å². The molecule has 2 aromatic heterocycles. The molecule has 136 valence electrons. The Morgan fingerprint density at radius 3 is 2.70 bits per heavy atom. The van der Waals surface area contributed by atoms with Crippen molar-refractivity contribution in [2.75, 3.05) is 6.54 Å². The summed E-state index contributed by atoms with van der Waals surface area (Å²) in [5.74, 6) is 1.05. The second kappa shape index (κ2) is 7.07. The molecule has 0 bridgehead atoms. The van der Waals surface area contributed by atoms with E-state index in [1.54, 1.807) is 24.3 Å². The summed E-state index contributed by atoms with van der Waals surface area (Å²) in [6, 6.07) is 17.2. The topological polar surface area (TPSA) is 60.1 Å². The van der Waals surface area contributed by atoms with Crippen molar-refractivity contribution in [3.8, 4) is 11.3 Å². The summed E-state index contributed by atoms with van der Waals surface area (Å²) in [5.41, 5.74) is 2.70. The van der Waals surface area contributed by atoms with Crippen LogP contribution in [-0.4, -0.2) is 22.0 Å². The quantitative estimate of drug-likeness (QED) is 0.579. The molecule has 0 unspecified atom stereocenters. The van der Waals surface area contributed by atoms with Crippen LogP contribution < -0.4 is 5.32 Å². The second-order valence-electron chi connectivity index (χ2n) is 6.23. The fourth-order valence-electron chi connectivity index (χ4n) is 3.08. The first kappa shape index (κ1) is 17.0. The molecule has 2 aromatic carbocycles. The number of carbonyl (C=O) groups is 1. The summed E-state index contributed by atoms with van der Waals surface area (Å²) in [5, 5.41) is 2.86. The molecule has 0 spiro atoms. The molecule has 0 saturated carbocycles. The van der Waals surface area contributed by atoms with Gasteiger partial charge in [-0.25, -0.2) is 9.37 Å². The Morgan fingerprint density at radius 2 is 1.89 bits per heavy atom. The number of nitrogens with one attached hydrogen (secondary N) is 1. The van der Waals surface area contributed by atoms with Gasteiger partial charge in [-0.2, -0.15) is 0 Å². The summed E-state index contributed by atoms with van der Waals surface area (Å²) in [6.07, 6.45) is 0. The zero-order valence-corrected chi connectivity index (χ0v) is 14.8. The predicted molar refractivity (Wildman–Crippen MR) is 101 cm³/mol. The maximum atomic E-state index is 13.0. The first-order chi connectivity index (χ1) is 13.1. The van der Waals surface area contributed by atoms with E-state index in [0.717, 1.165) is 22.4 Å². The summed E-state index contributed by atoms with van der Waals surface area (Å²) in [4.78, 5) is 16.8. The SMILES string of the molecule is Cc1nc2ccccc2n1CCNC(=O)c1ccc(-c2ccc(F)cc2)o1. The summed E-state index contributed by atoms with van der Waals surface area (Å²) >= 11 is 0. The van der Waals surface area contributed by atoms with Crippen LogP contribution in [0.5, 0.6) is 0 Å². The molecule has 0 fully saturated rings. The lowest BCUT2D eigenvalue weighted by Gasteiger charge is -2.07. The third kappa shape index (κ3) is 3.46. The molecule has 1 amide bonds. The van der Waals surface area contributed by atoms with E-state index in [1.807, 2.05) is 31.2 Å². The Balaban J connectivity index is 1.41. The van der Waals surface area contributed by atoms with E-state index in [2.05, 4.69) is 14.9 Å². The average molecular weight is 363 g/mol. The molecule has 6 heteroatoms. The number of hydrogen-bond donors (Lipinski definition) is 1. The first-order valence-electron chi connectivity index (χ1n) is 8.67. The highest BCUT2D eigenvalue weighted by Gasteiger charge is 2.13. The van der Waals surface area contributed by atoms with Gasteiger partial charge in [0.25, 0.3) is 5.91 Å². The third-order valence-electron chi connectivity index (χ3n) is 4.42. The van der Waals surface area contributed by atoms with Crippen LogP contribution in [-0.2, 0) is 6.54 Å². The molecule has 4 rings (SSSR count). The normalized spacial score (nSPS) is 11.0. The zero-order chi connectivity index (χ0) is 18.8. The van der Waals surface area contributed by atoms with Gasteiger partial charge in [-0.3, -0.25) is 4.79 Å². The minimum atomic E-state index is -0.314. The highest BCUT2D eigenvalue weighted by Crippen LogP contribution is 2.22. The molecule has 27 heavy (non-hydrogen) atoms. The smallest absolute Gasteiger partial charge is 0.287 e. The molecule has 0 aliphatic heterocycles. The minimum absolute atomic E-state index is 0.224. The standard InChI is InChI=1S/C21H18FN3O2/c1-14-24-17-4-2-3-5-18(17)25(14)13-12-23-21(26)20-11-10-19(27-20)15-6-8-16(22)9-7-15/h2-11H,12-13H2,1H3,(H,23,26). The Bertz CT molecular complexity index is 1100. The van der Waals surface area contributed by atoms with Crippen LogP contribution in [0.3, 0.4) is 0 Å². The number of carbonyl (C=O) groups excluding carboxylic acids is 1. The van der Waals surface area contributed by atoms with Gasteiger partial charge in [0.15, 0.2) is 5.76 Å². The molecular weight excluding hydrogens is 345 g/mol. The van der Waals surface area contributed by atoms with Crippen LogP contribution in [0, 0.1) is 12.7 Å². The molecule has 2 heterocycles. The summed E-state index contributed by atoms with van der Waals surface area (Å²) in [6.45, 7) is 3.01. The first-order valence-corrected chi connectivity index (χ1v) is 8.67. The van der Waals surface area contributed by atoms with Crippen molar-refractivity contribution in [3.63, 3.8) is 0 Å². The van der Waals surface area contributed by atoms with Crippen LogP contribution in [0.15, 0.2) is 65.1 Å². The number of aromatic nitrogens is 2. The van der Waals surface area contributed by atoms with Gasteiger partial charge in [-0.1, -0.05) is 12.1 Å². The highest BCUT2D eigenvalue weighted by atomic mass is 19.1. The number of amides is 1. The number of fused-ring (bicyclic) bond motifs is 1. The number of rotatable bonds is 5. The number of benzene rings is 2. The number of furan rings is 1. The van der Waals surface area contributed by atoms with Crippen LogP contribution >= 0.6 is 0 Å². The number of para-hydroxylation sites is 2. The largest absolute Gasteiger partial charge is 0.451 e. The maximum absolute atomic E-state index is 13.0. The number of hydrogen-bond acceptors (Lipinski definition) is 3. The Labute approximate surface area is 155 Å². The third-order valence-corrected chi connectivity index (χ3v) is 4.42. The van der Waals surface area contributed by atoms with Gasteiger partial charge in [0, 0.05) is 18.7 Å². The molecule has 0 aliphatic carbocycles. The van der Waals surface area contributed by atoms with Crippen molar-refractivity contribution in [2.24, 2.45) is 0 Å². The molecule has 1 N–H and O–H groups in total. The number of halogens is 1. The van der Waals surface area contributed by atoms with Gasteiger partial charge >= 0.3 is 0 Å². The molecule has 0 radical (unpaired) electrons. The van der Waals surface area contributed by atoms with Crippen molar-refractivity contribution in [1.82, 2.24) is 14.9 Å². The molecule has 0 saturated heterocycles. The number of nitrogens with zero attached hydrogens (tertiary/aromatic N) is 2. The second-order valence-corrected chi connectivity index (χ2v) is 6.23.